The van der Waals surface area contributed by atoms with Crippen molar-refractivity contribution < 1.29 is 0 Å². The van der Waals surface area contributed by atoms with Gasteiger partial charge in [0, 0.05) is 37.6 Å². The summed E-state index contributed by atoms with van der Waals surface area (Å²) in [6, 6.07) is 40.4. The zero-order valence-electron chi connectivity index (χ0n) is 22.4. The van der Waals surface area contributed by atoms with Crippen LogP contribution >= 0.6 is 0 Å². The lowest BCUT2D eigenvalue weighted by atomic mass is 9.85. The molecular weight excluding hydrogens is 460 g/mol. The lowest BCUT2D eigenvalue weighted by Gasteiger charge is -2.29. The molecule has 4 aromatic rings. The minimum absolute atomic E-state index is 1.17. The van der Waals surface area contributed by atoms with E-state index in [1.165, 1.54) is 109 Å². The predicted octanol–water partition coefficient (Wildman–Crippen LogP) is 8.67. The molecule has 2 aliphatic heterocycles. The van der Waals surface area contributed by atoms with E-state index in [0.29, 0.717) is 0 Å². The lowest BCUT2D eigenvalue weighted by Crippen LogP contribution is -2.29. The van der Waals surface area contributed by atoms with E-state index in [4.69, 9.17) is 0 Å². The van der Waals surface area contributed by atoms with Gasteiger partial charge in [-0.05, 0) is 96.2 Å². The number of hydrogen-bond donors (Lipinski definition) is 0. The van der Waals surface area contributed by atoms with E-state index in [1.54, 1.807) is 0 Å². The summed E-state index contributed by atoms with van der Waals surface area (Å²) >= 11 is 0. The first-order chi connectivity index (χ1) is 18.9. The van der Waals surface area contributed by atoms with Gasteiger partial charge in [-0.1, -0.05) is 84.9 Å². The minimum atomic E-state index is 1.17. The van der Waals surface area contributed by atoms with Crippen LogP contribution in [0.15, 0.2) is 109 Å². The number of nitrogens with zero attached hydrogens (tertiary/aromatic N) is 2. The number of rotatable bonds is 6. The van der Waals surface area contributed by atoms with E-state index in [2.05, 4.69) is 119 Å². The number of piperidine rings is 2. The minimum Gasteiger partial charge on any atom is -0.372 e. The van der Waals surface area contributed by atoms with Crippen LogP contribution in [-0.4, -0.2) is 26.2 Å². The molecule has 2 nitrogen and oxygen atoms in total. The van der Waals surface area contributed by atoms with E-state index in [9.17, 15) is 0 Å². The van der Waals surface area contributed by atoms with Crippen molar-refractivity contribution in [1.29, 1.82) is 0 Å². The molecule has 38 heavy (non-hydrogen) atoms. The molecule has 0 saturated carbocycles. The molecule has 2 heteroatoms. The number of hydrogen-bond acceptors (Lipinski definition) is 2. The van der Waals surface area contributed by atoms with Gasteiger partial charge in [0.2, 0.25) is 0 Å². The van der Waals surface area contributed by atoms with Gasteiger partial charge in [-0.2, -0.15) is 0 Å². The van der Waals surface area contributed by atoms with E-state index in [0.717, 1.165) is 0 Å². The van der Waals surface area contributed by atoms with Gasteiger partial charge in [0.1, 0.15) is 0 Å². The summed E-state index contributed by atoms with van der Waals surface area (Å²) in [5.74, 6) is 0. The van der Waals surface area contributed by atoms with Gasteiger partial charge in [0.15, 0.2) is 0 Å². The molecule has 0 bridgehead atoms. The highest BCUT2D eigenvalue weighted by atomic mass is 15.1. The predicted molar refractivity (Wildman–Crippen MR) is 163 cm³/mol. The van der Waals surface area contributed by atoms with Crippen molar-refractivity contribution in [3.05, 3.63) is 131 Å². The highest BCUT2D eigenvalue weighted by molar-refractivity contribution is 6.04. The Balaban J connectivity index is 1.48. The van der Waals surface area contributed by atoms with E-state index >= 15 is 0 Å². The molecule has 2 aliphatic rings. The monoisotopic (exact) mass is 498 g/mol. The van der Waals surface area contributed by atoms with Crippen LogP contribution in [0.4, 0.5) is 11.4 Å². The molecule has 4 aromatic carbocycles. The Labute approximate surface area is 228 Å². The maximum atomic E-state index is 2.54. The Kier molecular flexibility index (Phi) is 7.58. The SMILES string of the molecule is c1ccc(/C(=C(\c2ccccc2)c2ccc(N3CCCCC3)cc2)c2ccc(N3CCCCC3)cc2)cc1. The average Bonchev–Trinajstić information content (AvgIpc) is 3.02. The second kappa shape index (κ2) is 11.7. The number of benzene rings is 4. The average molecular weight is 499 g/mol. The van der Waals surface area contributed by atoms with Crippen molar-refractivity contribution in [2.45, 2.75) is 38.5 Å². The van der Waals surface area contributed by atoms with Crippen LogP contribution in [0.1, 0.15) is 60.8 Å². The Morgan fingerprint density at radius 1 is 0.342 bits per heavy atom. The van der Waals surface area contributed by atoms with Crippen LogP contribution in [-0.2, 0) is 0 Å². The van der Waals surface area contributed by atoms with Crippen LogP contribution in [0.3, 0.4) is 0 Å². The van der Waals surface area contributed by atoms with Crippen LogP contribution < -0.4 is 9.80 Å². The lowest BCUT2D eigenvalue weighted by molar-refractivity contribution is 0.578. The summed E-state index contributed by atoms with van der Waals surface area (Å²) < 4.78 is 0. The Morgan fingerprint density at radius 2 is 0.658 bits per heavy atom. The highest BCUT2D eigenvalue weighted by Crippen LogP contribution is 2.38. The summed E-state index contributed by atoms with van der Waals surface area (Å²) in [6.07, 6.45) is 7.88. The maximum absolute atomic E-state index is 2.54. The van der Waals surface area contributed by atoms with Crippen molar-refractivity contribution in [3.63, 3.8) is 0 Å². The smallest absolute Gasteiger partial charge is 0.0366 e. The molecule has 192 valence electrons. The van der Waals surface area contributed by atoms with Crippen molar-refractivity contribution in [3.8, 4) is 0 Å². The fourth-order valence-corrected chi connectivity index (χ4v) is 6.10. The maximum Gasteiger partial charge on any atom is 0.0366 e. The summed E-state index contributed by atoms with van der Waals surface area (Å²) in [5.41, 5.74) is 10.3. The molecule has 0 unspecified atom stereocenters. The zero-order chi connectivity index (χ0) is 25.6. The first kappa shape index (κ1) is 24.6. The molecule has 0 aliphatic carbocycles. The fraction of sp³-hybridized carbons (Fsp3) is 0.278. The fourth-order valence-electron chi connectivity index (χ4n) is 6.10. The number of anilines is 2. The van der Waals surface area contributed by atoms with Gasteiger partial charge in [-0.3, -0.25) is 0 Å². The Bertz CT molecular complexity index is 1220. The molecule has 0 spiro atoms. The van der Waals surface area contributed by atoms with E-state index in [-0.39, 0.29) is 0 Å². The van der Waals surface area contributed by atoms with Gasteiger partial charge in [0.25, 0.3) is 0 Å². The van der Waals surface area contributed by atoms with Crippen LogP contribution in [0.25, 0.3) is 11.1 Å². The van der Waals surface area contributed by atoms with Crippen molar-refractivity contribution in [2.24, 2.45) is 0 Å². The largest absolute Gasteiger partial charge is 0.372 e. The van der Waals surface area contributed by atoms with Crippen molar-refractivity contribution >= 4 is 22.5 Å². The van der Waals surface area contributed by atoms with Crippen LogP contribution in [0.2, 0.25) is 0 Å². The third kappa shape index (κ3) is 5.41. The molecule has 0 amide bonds. The van der Waals surface area contributed by atoms with Gasteiger partial charge in [-0.15, -0.1) is 0 Å². The van der Waals surface area contributed by atoms with Gasteiger partial charge < -0.3 is 9.80 Å². The summed E-state index contributed by atoms with van der Waals surface area (Å²) in [7, 11) is 0. The van der Waals surface area contributed by atoms with Crippen LogP contribution in [0.5, 0.6) is 0 Å². The summed E-state index contributed by atoms with van der Waals surface area (Å²) in [6.45, 7) is 4.66. The van der Waals surface area contributed by atoms with Gasteiger partial charge >= 0.3 is 0 Å². The summed E-state index contributed by atoms with van der Waals surface area (Å²) in [4.78, 5) is 5.08. The molecular formula is C36H38N2. The topological polar surface area (TPSA) is 6.48 Å². The highest BCUT2D eigenvalue weighted by Gasteiger charge is 2.18. The van der Waals surface area contributed by atoms with Gasteiger partial charge in [-0.25, -0.2) is 0 Å². The van der Waals surface area contributed by atoms with E-state index < -0.39 is 0 Å². The Hall–Kier alpha value is -3.78. The first-order valence-corrected chi connectivity index (χ1v) is 14.4. The van der Waals surface area contributed by atoms with Crippen molar-refractivity contribution in [2.75, 3.05) is 36.0 Å². The summed E-state index contributed by atoms with van der Waals surface area (Å²) in [5, 5.41) is 0. The molecule has 6 rings (SSSR count). The van der Waals surface area contributed by atoms with Crippen molar-refractivity contribution in [1.82, 2.24) is 0 Å². The second-order valence-corrected chi connectivity index (χ2v) is 10.7. The van der Waals surface area contributed by atoms with E-state index in [1.807, 2.05) is 0 Å². The standard InChI is InChI=1S/C36H38N2/c1-5-13-29(14-6-1)35(31-17-21-33(22-18-31)37-25-9-3-10-26-37)36(30-15-7-2-8-16-30)32-19-23-34(24-20-32)38-27-11-4-12-28-38/h1-2,5-8,13-24H,3-4,9-12,25-28H2/b36-35-. The molecule has 0 N–H and O–H groups in total. The molecule has 2 heterocycles. The van der Waals surface area contributed by atoms with Gasteiger partial charge in [0.05, 0.1) is 0 Å². The molecule has 2 fully saturated rings. The third-order valence-electron chi connectivity index (χ3n) is 8.13. The molecule has 0 radical (unpaired) electrons. The molecule has 0 aromatic heterocycles. The molecule has 0 atom stereocenters. The van der Waals surface area contributed by atoms with Crippen LogP contribution in [0, 0.1) is 0 Å². The first-order valence-electron chi connectivity index (χ1n) is 14.4. The third-order valence-corrected chi connectivity index (χ3v) is 8.13. The normalized spacial score (nSPS) is 16.7. The molecule has 2 saturated heterocycles. The Morgan fingerprint density at radius 3 is 1.00 bits per heavy atom. The second-order valence-electron chi connectivity index (χ2n) is 10.7. The quantitative estimate of drug-likeness (QED) is 0.245. The zero-order valence-corrected chi connectivity index (χ0v) is 22.4.